The molecule has 0 N–H and O–H groups in total. The Morgan fingerprint density at radius 1 is 1.25 bits per heavy atom. The Balaban J connectivity index is 1.55. The molecule has 0 radical (unpaired) electrons. The van der Waals surface area contributed by atoms with Crippen LogP contribution < -0.4 is 9.64 Å². The molecule has 1 aromatic heterocycles. The fourth-order valence-electron chi connectivity index (χ4n) is 3.64. The monoisotopic (exact) mass is 474 g/mol. The van der Waals surface area contributed by atoms with Gasteiger partial charge in [-0.2, -0.15) is 0 Å². The summed E-state index contributed by atoms with van der Waals surface area (Å²) in [5, 5.41) is 0.543. The maximum Gasteiger partial charge on any atom is 0.229 e. The minimum Gasteiger partial charge on any atom is -0.497 e. The molecule has 0 aliphatic carbocycles. The highest BCUT2D eigenvalue weighted by atomic mass is 32.2. The number of rotatable bonds is 8. The number of nitrogens with zero attached hydrogens (tertiary/aromatic N) is 2. The summed E-state index contributed by atoms with van der Waals surface area (Å²) in [6.45, 7) is 2.93. The highest BCUT2D eigenvalue weighted by molar-refractivity contribution is 7.91. The quantitative estimate of drug-likeness (QED) is 0.491. The minimum absolute atomic E-state index is 0.0748. The molecule has 1 saturated heterocycles. The van der Waals surface area contributed by atoms with Crippen LogP contribution in [0.1, 0.15) is 24.8 Å². The number of aromatic nitrogens is 1. The second-order valence-electron chi connectivity index (χ2n) is 7.85. The van der Waals surface area contributed by atoms with Crippen molar-refractivity contribution < 1.29 is 22.7 Å². The number of hydrogen-bond donors (Lipinski definition) is 0. The maximum atomic E-state index is 13.2. The van der Waals surface area contributed by atoms with Crippen molar-refractivity contribution in [3.05, 3.63) is 48.0 Å². The van der Waals surface area contributed by atoms with E-state index >= 15 is 0 Å². The molecule has 1 amide bonds. The summed E-state index contributed by atoms with van der Waals surface area (Å²) in [6, 6.07) is 12.3. The molecule has 4 rings (SSSR count). The molecule has 1 unspecified atom stereocenters. The van der Waals surface area contributed by atoms with Gasteiger partial charge in [0.05, 0.1) is 40.6 Å². The summed E-state index contributed by atoms with van der Waals surface area (Å²) in [6.07, 6.45) is 1.62. The molecule has 2 aromatic carbocycles. The summed E-state index contributed by atoms with van der Waals surface area (Å²) in [7, 11) is -1.97. The Labute approximate surface area is 191 Å². The number of amides is 1. The first-order valence-electron chi connectivity index (χ1n) is 10.5. The molecule has 1 atom stereocenters. The first-order chi connectivity index (χ1) is 15.4. The van der Waals surface area contributed by atoms with E-state index < -0.39 is 9.84 Å². The van der Waals surface area contributed by atoms with Gasteiger partial charge in [0.2, 0.25) is 5.91 Å². The summed E-state index contributed by atoms with van der Waals surface area (Å²) in [5.41, 5.74) is 1.72. The lowest BCUT2D eigenvalue weighted by molar-refractivity contribution is -0.118. The van der Waals surface area contributed by atoms with Crippen LogP contribution in [0.3, 0.4) is 0 Å². The van der Waals surface area contributed by atoms with E-state index in [2.05, 4.69) is 4.98 Å². The molecule has 0 saturated carbocycles. The zero-order valence-electron chi connectivity index (χ0n) is 18.1. The number of fused-ring (bicyclic) bond motifs is 1. The van der Waals surface area contributed by atoms with E-state index in [0.29, 0.717) is 24.0 Å². The number of sulfone groups is 1. The van der Waals surface area contributed by atoms with E-state index in [1.54, 1.807) is 36.3 Å². The van der Waals surface area contributed by atoms with E-state index in [1.165, 1.54) is 11.3 Å². The standard InChI is InChI=1S/C23H26N2O5S2/c1-16-5-8-19(9-6-16)32(27,28)13-11-22(26)25(15-18-4-3-12-30-18)23-24-20-14-17(29-2)7-10-21(20)31-23/h5-10,14,18H,3-4,11-13,15H2,1-2H3. The van der Waals surface area contributed by atoms with Crippen molar-refractivity contribution in [3.8, 4) is 5.75 Å². The molecular formula is C23H26N2O5S2. The molecule has 0 spiro atoms. The van der Waals surface area contributed by atoms with Crippen molar-refractivity contribution in [1.82, 2.24) is 4.98 Å². The second-order valence-corrected chi connectivity index (χ2v) is 11.0. The van der Waals surface area contributed by atoms with Crippen molar-refractivity contribution in [1.29, 1.82) is 0 Å². The number of carbonyl (C=O) groups excluding carboxylic acids is 1. The molecule has 1 aliphatic heterocycles. The topological polar surface area (TPSA) is 85.8 Å². The third-order valence-corrected chi connectivity index (χ3v) is 8.28. The molecule has 1 fully saturated rings. The molecular weight excluding hydrogens is 448 g/mol. The van der Waals surface area contributed by atoms with Crippen molar-refractivity contribution in [2.45, 2.75) is 37.2 Å². The van der Waals surface area contributed by atoms with Crippen LogP contribution >= 0.6 is 11.3 Å². The molecule has 170 valence electrons. The predicted molar refractivity (Wildman–Crippen MR) is 125 cm³/mol. The largest absolute Gasteiger partial charge is 0.497 e. The average Bonchev–Trinajstić information content (AvgIpc) is 3.45. The van der Waals surface area contributed by atoms with Gasteiger partial charge in [-0.3, -0.25) is 9.69 Å². The normalized spacial score (nSPS) is 16.4. The average molecular weight is 475 g/mol. The molecule has 7 nitrogen and oxygen atoms in total. The number of ether oxygens (including phenoxy) is 2. The van der Waals surface area contributed by atoms with Gasteiger partial charge in [0, 0.05) is 19.1 Å². The number of aryl methyl sites for hydroxylation is 1. The summed E-state index contributed by atoms with van der Waals surface area (Å²) in [5.74, 6) is 0.160. The molecule has 32 heavy (non-hydrogen) atoms. The van der Waals surface area contributed by atoms with Gasteiger partial charge in [0.1, 0.15) is 5.75 Å². The Morgan fingerprint density at radius 2 is 2.03 bits per heavy atom. The van der Waals surface area contributed by atoms with Crippen molar-refractivity contribution in [2.75, 3.05) is 30.9 Å². The minimum atomic E-state index is -3.56. The third kappa shape index (κ3) is 5.11. The Hall–Kier alpha value is -2.49. The lowest BCUT2D eigenvalue weighted by Crippen LogP contribution is -2.38. The predicted octanol–water partition coefficient (Wildman–Crippen LogP) is 3.99. The highest BCUT2D eigenvalue weighted by Crippen LogP contribution is 2.32. The van der Waals surface area contributed by atoms with E-state index in [-0.39, 0.29) is 29.1 Å². The van der Waals surface area contributed by atoms with Crippen LogP contribution in [0, 0.1) is 6.92 Å². The van der Waals surface area contributed by atoms with Gasteiger partial charge < -0.3 is 9.47 Å². The van der Waals surface area contributed by atoms with Crippen LogP contribution in [0.2, 0.25) is 0 Å². The van der Waals surface area contributed by atoms with Crippen LogP contribution in [0.15, 0.2) is 47.4 Å². The molecule has 9 heteroatoms. The van der Waals surface area contributed by atoms with E-state index in [1.807, 2.05) is 25.1 Å². The summed E-state index contributed by atoms with van der Waals surface area (Å²) < 4.78 is 37.4. The lowest BCUT2D eigenvalue weighted by Gasteiger charge is -2.23. The van der Waals surface area contributed by atoms with Gasteiger partial charge in [-0.15, -0.1) is 0 Å². The zero-order valence-corrected chi connectivity index (χ0v) is 19.7. The van der Waals surface area contributed by atoms with Gasteiger partial charge in [-0.05, 0) is 44.0 Å². The number of thiazole rings is 1. The SMILES string of the molecule is COc1ccc2sc(N(CC3CCCO3)C(=O)CCS(=O)(=O)c3ccc(C)cc3)nc2c1. The molecule has 2 heterocycles. The Morgan fingerprint density at radius 3 is 2.72 bits per heavy atom. The Kier molecular flexibility index (Phi) is 6.78. The Bertz CT molecular complexity index is 1200. The van der Waals surface area contributed by atoms with Gasteiger partial charge in [-0.25, -0.2) is 13.4 Å². The highest BCUT2D eigenvalue weighted by Gasteiger charge is 2.27. The number of hydrogen-bond acceptors (Lipinski definition) is 7. The fourth-order valence-corrected chi connectivity index (χ4v) is 5.84. The summed E-state index contributed by atoms with van der Waals surface area (Å²) >= 11 is 1.40. The van der Waals surface area contributed by atoms with E-state index in [0.717, 1.165) is 28.6 Å². The third-order valence-electron chi connectivity index (χ3n) is 5.49. The number of benzene rings is 2. The zero-order chi connectivity index (χ0) is 22.7. The van der Waals surface area contributed by atoms with Gasteiger partial charge in [-0.1, -0.05) is 29.0 Å². The first-order valence-corrected chi connectivity index (χ1v) is 13.0. The number of anilines is 1. The first kappa shape index (κ1) is 22.7. The molecule has 1 aliphatic rings. The number of carbonyl (C=O) groups is 1. The van der Waals surface area contributed by atoms with Crippen molar-refractivity contribution in [2.24, 2.45) is 0 Å². The van der Waals surface area contributed by atoms with Crippen molar-refractivity contribution >= 4 is 42.4 Å². The van der Waals surface area contributed by atoms with Crippen LogP contribution in [0.4, 0.5) is 5.13 Å². The molecule has 0 bridgehead atoms. The van der Waals surface area contributed by atoms with E-state index in [9.17, 15) is 13.2 Å². The molecule has 3 aromatic rings. The second kappa shape index (κ2) is 9.56. The van der Waals surface area contributed by atoms with E-state index in [4.69, 9.17) is 9.47 Å². The van der Waals surface area contributed by atoms with Crippen LogP contribution in [0.5, 0.6) is 5.75 Å². The van der Waals surface area contributed by atoms with Gasteiger partial charge >= 0.3 is 0 Å². The maximum absolute atomic E-state index is 13.2. The van der Waals surface area contributed by atoms with Crippen LogP contribution in [-0.2, 0) is 19.4 Å². The van der Waals surface area contributed by atoms with Gasteiger partial charge in [0.15, 0.2) is 15.0 Å². The lowest BCUT2D eigenvalue weighted by atomic mass is 10.2. The smallest absolute Gasteiger partial charge is 0.229 e. The van der Waals surface area contributed by atoms with Crippen LogP contribution in [-0.4, -0.2) is 51.4 Å². The van der Waals surface area contributed by atoms with Crippen LogP contribution in [0.25, 0.3) is 10.2 Å². The number of methoxy groups -OCH3 is 1. The van der Waals surface area contributed by atoms with Crippen molar-refractivity contribution in [3.63, 3.8) is 0 Å². The summed E-state index contributed by atoms with van der Waals surface area (Å²) in [4.78, 5) is 19.7. The fraction of sp³-hybridized carbons (Fsp3) is 0.391. The van der Waals surface area contributed by atoms with Gasteiger partial charge in [0.25, 0.3) is 0 Å².